The summed E-state index contributed by atoms with van der Waals surface area (Å²) in [7, 11) is 0. The first-order valence-electron chi connectivity index (χ1n) is 3.68. The number of carbonyl (C=O) groups is 1. The van der Waals surface area contributed by atoms with Crippen molar-refractivity contribution in [2.45, 2.75) is 6.92 Å². The van der Waals surface area contributed by atoms with Crippen molar-refractivity contribution in [1.29, 1.82) is 0 Å². The third-order valence-corrected chi connectivity index (χ3v) is 2.05. The summed E-state index contributed by atoms with van der Waals surface area (Å²) in [5, 5.41) is 3.66. The summed E-state index contributed by atoms with van der Waals surface area (Å²) in [5.41, 5.74) is 1.88. The van der Waals surface area contributed by atoms with Gasteiger partial charge in [-0.2, -0.15) is 0 Å². The van der Waals surface area contributed by atoms with Crippen molar-refractivity contribution >= 4 is 23.6 Å². The minimum Gasteiger partial charge on any atom is -0.378 e. The van der Waals surface area contributed by atoms with Crippen LogP contribution in [0.5, 0.6) is 0 Å². The van der Waals surface area contributed by atoms with Crippen molar-refractivity contribution in [3.63, 3.8) is 0 Å². The monoisotopic (exact) mass is 183 g/mol. The Balaban J connectivity index is 2.84. The molecule has 0 spiro atoms. The van der Waals surface area contributed by atoms with Crippen molar-refractivity contribution in [2.24, 2.45) is 0 Å². The second-order valence-electron chi connectivity index (χ2n) is 2.46. The number of halogens is 1. The fraction of sp³-hybridized carbons (Fsp3) is 0.222. The highest BCUT2D eigenvalue weighted by Crippen LogP contribution is 2.22. The lowest BCUT2D eigenvalue weighted by Gasteiger charge is -2.06. The SMILES string of the molecule is Cc1c(Cl)cccc1NCC=O. The van der Waals surface area contributed by atoms with Crippen LogP contribution in [0.1, 0.15) is 5.56 Å². The van der Waals surface area contributed by atoms with E-state index in [4.69, 9.17) is 11.6 Å². The second kappa shape index (κ2) is 4.12. The van der Waals surface area contributed by atoms with Gasteiger partial charge in [0.25, 0.3) is 0 Å². The quantitative estimate of drug-likeness (QED) is 0.729. The summed E-state index contributed by atoms with van der Waals surface area (Å²) in [6, 6.07) is 5.57. The van der Waals surface area contributed by atoms with Gasteiger partial charge in [0.2, 0.25) is 0 Å². The minimum absolute atomic E-state index is 0.321. The van der Waals surface area contributed by atoms with Crippen molar-refractivity contribution in [2.75, 3.05) is 11.9 Å². The van der Waals surface area contributed by atoms with Crippen LogP contribution in [0.4, 0.5) is 5.69 Å². The Bertz CT molecular complexity index is 286. The molecule has 0 radical (unpaired) electrons. The van der Waals surface area contributed by atoms with Gasteiger partial charge in [0.15, 0.2) is 0 Å². The maximum atomic E-state index is 10.1. The van der Waals surface area contributed by atoms with Gasteiger partial charge in [0.05, 0.1) is 6.54 Å². The number of benzene rings is 1. The molecule has 0 atom stereocenters. The zero-order chi connectivity index (χ0) is 8.97. The topological polar surface area (TPSA) is 29.1 Å². The lowest BCUT2D eigenvalue weighted by atomic mass is 10.2. The maximum absolute atomic E-state index is 10.1. The van der Waals surface area contributed by atoms with Crippen LogP contribution in [0.15, 0.2) is 18.2 Å². The molecule has 0 aliphatic carbocycles. The Labute approximate surface area is 76.5 Å². The molecule has 0 saturated heterocycles. The first kappa shape index (κ1) is 9.07. The molecular weight excluding hydrogens is 174 g/mol. The number of rotatable bonds is 3. The van der Waals surface area contributed by atoms with Gasteiger partial charge in [0.1, 0.15) is 6.29 Å². The van der Waals surface area contributed by atoms with Crippen molar-refractivity contribution in [3.05, 3.63) is 28.8 Å². The third kappa shape index (κ3) is 1.98. The zero-order valence-corrected chi connectivity index (χ0v) is 7.56. The van der Waals surface area contributed by atoms with E-state index in [9.17, 15) is 4.79 Å². The van der Waals surface area contributed by atoms with E-state index in [0.29, 0.717) is 11.6 Å². The largest absolute Gasteiger partial charge is 0.378 e. The Kier molecular flexibility index (Phi) is 3.11. The molecule has 2 nitrogen and oxygen atoms in total. The first-order chi connectivity index (χ1) is 5.75. The molecule has 0 saturated carbocycles. The van der Waals surface area contributed by atoms with Gasteiger partial charge >= 0.3 is 0 Å². The van der Waals surface area contributed by atoms with Crippen molar-refractivity contribution in [3.8, 4) is 0 Å². The number of hydrogen-bond acceptors (Lipinski definition) is 2. The predicted octanol–water partition coefficient (Wildman–Crippen LogP) is 2.26. The normalized spacial score (nSPS) is 9.50. The molecule has 1 rings (SSSR count). The van der Waals surface area contributed by atoms with Gasteiger partial charge in [0, 0.05) is 10.7 Å². The summed E-state index contributed by atoms with van der Waals surface area (Å²) < 4.78 is 0. The summed E-state index contributed by atoms with van der Waals surface area (Å²) in [6.07, 6.45) is 0.820. The number of hydrogen-bond donors (Lipinski definition) is 1. The highest BCUT2D eigenvalue weighted by Gasteiger charge is 1.99. The van der Waals surface area contributed by atoms with E-state index in [-0.39, 0.29) is 0 Å². The average Bonchev–Trinajstić information content (AvgIpc) is 2.08. The molecule has 0 amide bonds. The number of nitrogens with one attached hydrogen (secondary N) is 1. The van der Waals surface area contributed by atoms with Crippen LogP contribution in [-0.2, 0) is 4.79 Å². The van der Waals surface area contributed by atoms with Gasteiger partial charge in [-0.3, -0.25) is 0 Å². The van der Waals surface area contributed by atoms with Gasteiger partial charge in [-0.05, 0) is 24.6 Å². The van der Waals surface area contributed by atoms with E-state index in [1.807, 2.05) is 25.1 Å². The highest BCUT2D eigenvalue weighted by molar-refractivity contribution is 6.31. The second-order valence-corrected chi connectivity index (χ2v) is 2.87. The average molecular weight is 184 g/mol. The number of aldehydes is 1. The van der Waals surface area contributed by atoms with Gasteiger partial charge in [-0.15, -0.1) is 0 Å². The summed E-state index contributed by atoms with van der Waals surface area (Å²) >= 11 is 5.86. The van der Waals surface area contributed by atoms with Gasteiger partial charge in [-0.1, -0.05) is 17.7 Å². The molecule has 0 aromatic heterocycles. The van der Waals surface area contributed by atoms with E-state index in [1.54, 1.807) is 0 Å². The van der Waals surface area contributed by atoms with Crippen molar-refractivity contribution in [1.82, 2.24) is 0 Å². The molecule has 0 bridgehead atoms. The van der Waals surface area contributed by atoms with Gasteiger partial charge < -0.3 is 10.1 Å². The van der Waals surface area contributed by atoms with E-state index in [0.717, 1.165) is 17.5 Å². The fourth-order valence-corrected chi connectivity index (χ4v) is 1.13. The van der Waals surface area contributed by atoms with Crippen LogP contribution in [0, 0.1) is 6.92 Å². The molecule has 1 aromatic carbocycles. The van der Waals surface area contributed by atoms with E-state index >= 15 is 0 Å². The molecule has 1 N–H and O–H groups in total. The molecule has 1 aromatic rings. The standard InChI is InChI=1S/C9H10ClNO/c1-7-8(10)3-2-4-9(7)11-5-6-12/h2-4,6,11H,5H2,1H3. The van der Waals surface area contributed by atoms with Crippen molar-refractivity contribution < 1.29 is 4.79 Å². The molecule has 12 heavy (non-hydrogen) atoms. The summed E-state index contributed by atoms with van der Waals surface area (Å²) in [5.74, 6) is 0. The maximum Gasteiger partial charge on any atom is 0.139 e. The van der Waals surface area contributed by atoms with E-state index < -0.39 is 0 Å². The predicted molar refractivity (Wildman–Crippen MR) is 50.7 cm³/mol. The lowest BCUT2D eigenvalue weighted by Crippen LogP contribution is -2.03. The summed E-state index contributed by atoms with van der Waals surface area (Å²) in [4.78, 5) is 10.1. The Morgan fingerprint density at radius 1 is 1.58 bits per heavy atom. The van der Waals surface area contributed by atoms with Gasteiger partial charge in [-0.25, -0.2) is 0 Å². The molecule has 0 heterocycles. The third-order valence-electron chi connectivity index (χ3n) is 1.64. The van der Waals surface area contributed by atoms with E-state index in [2.05, 4.69) is 5.32 Å². The first-order valence-corrected chi connectivity index (χ1v) is 4.06. The van der Waals surface area contributed by atoms with Crippen LogP contribution in [0.2, 0.25) is 5.02 Å². The lowest BCUT2D eigenvalue weighted by molar-refractivity contribution is -0.106. The minimum atomic E-state index is 0.321. The fourth-order valence-electron chi connectivity index (χ4n) is 0.951. The molecule has 0 unspecified atom stereocenters. The Morgan fingerprint density at radius 2 is 2.33 bits per heavy atom. The van der Waals surface area contributed by atoms with Crippen LogP contribution in [-0.4, -0.2) is 12.8 Å². The van der Waals surface area contributed by atoms with E-state index in [1.165, 1.54) is 0 Å². The molecule has 3 heteroatoms. The smallest absolute Gasteiger partial charge is 0.139 e. The highest BCUT2D eigenvalue weighted by atomic mass is 35.5. The molecule has 64 valence electrons. The summed E-state index contributed by atoms with van der Waals surface area (Å²) in [6.45, 7) is 2.23. The number of carbonyl (C=O) groups excluding carboxylic acids is 1. The zero-order valence-electron chi connectivity index (χ0n) is 6.80. The van der Waals surface area contributed by atoms with Crippen LogP contribution < -0.4 is 5.32 Å². The van der Waals surface area contributed by atoms with Crippen LogP contribution in [0.3, 0.4) is 0 Å². The molecule has 0 aliphatic rings. The Morgan fingerprint density at radius 3 is 3.00 bits per heavy atom. The molecule has 0 aliphatic heterocycles. The van der Waals surface area contributed by atoms with Crippen LogP contribution >= 0.6 is 11.6 Å². The van der Waals surface area contributed by atoms with Crippen LogP contribution in [0.25, 0.3) is 0 Å². The number of anilines is 1. The molecular formula is C9H10ClNO. The Hall–Kier alpha value is -1.02. The molecule has 0 fully saturated rings.